The van der Waals surface area contributed by atoms with Crippen LogP contribution in [-0.4, -0.2) is 65.6 Å². The number of fused-ring (bicyclic) bond motifs is 3. The van der Waals surface area contributed by atoms with Crippen molar-refractivity contribution in [3.05, 3.63) is 64.3 Å². The number of hydrogen-bond donors (Lipinski definition) is 3. The Morgan fingerprint density at radius 3 is 2.56 bits per heavy atom. The molecule has 7 nitrogen and oxygen atoms in total. The summed E-state index contributed by atoms with van der Waals surface area (Å²) in [4.78, 5) is 17.2. The molecule has 1 aliphatic rings. The normalized spacial score (nSPS) is 16.4. The van der Waals surface area contributed by atoms with Gasteiger partial charge < -0.3 is 29.6 Å². The molecule has 0 bridgehead atoms. The minimum atomic E-state index is -0.914. The van der Waals surface area contributed by atoms with Gasteiger partial charge >= 0.3 is 0 Å². The van der Waals surface area contributed by atoms with E-state index in [1.54, 1.807) is 7.11 Å². The first-order valence-corrected chi connectivity index (χ1v) is 11.8. The summed E-state index contributed by atoms with van der Waals surface area (Å²) in [6, 6.07) is 13.1. The maximum absolute atomic E-state index is 11.9. The van der Waals surface area contributed by atoms with Gasteiger partial charge in [0.05, 0.1) is 18.8 Å². The highest BCUT2D eigenvalue weighted by Crippen LogP contribution is 2.38. The number of aliphatic hydroxyl groups excluding tert-OH is 2. The van der Waals surface area contributed by atoms with Crippen molar-refractivity contribution >= 4 is 28.9 Å². The van der Waals surface area contributed by atoms with Gasteiger partial charge in [-0.15, -0.1) is 0 Å². The third-order valence-corrected chi connectivity index (χ3v) is 6.04. The van der Waals surface area contributed by atoms with Crippen molar-refractivity contribution in [3.63, 3.8) is 0 Å². The lowest BCUT2D eigenvalue weighted by Crippen LogP contribution is -2.28. The van der Waals surface area contributed by atoms with E-state index in [1.165, 1.54) is 5.56 Å². The Morgan fingerprint density at radius 1 is 1.24 bits per heavy atom. The number of aryl methyl sites for hydroxylation is 1. The van der Waals surface area contributed by atoms with Crippen molar-refractivity contribution < 1.29 is 24.5 Å². The van der Waals surface area contributed by atoms with Crippen LogP contribution in [0.4, 0.5) is 0 Å². The first-order chi connectivity index (χ1) is 16.4. The third-order valence-electron chi connectivity index (χ3n) is 5.81. The fourth-order valence-corrected chi connectivity index (χ4v) is 4.11. The van der Waals surface area contributed by atoms with Gasteiger partial charge in [-0.05, 0) is 68.1 Å². The van der Waals surface area contributed by atoms with E-state index < -0.39 is 6.10 Å². The van der Waals surface area contributed by atoms with Gasteiger partial charge in [-0.3, -0.25) is 4.79 Å². The molecule has 0 saturated heterocycles. The highest BCUT2D eigenvalue weighted by atomic mass is 35.5. The Bertz CT molecular complexity index is 1070. The van der Waals surface area contributed by atoms with Crippen LogP contribution in [0.3, 0.4) is 0 Å². The second-order valence-corrected chi connectivity index (χ2v) is 8.99. The quantitative estimate of drug-likeness (QED) is 0.435. The van der Waals surface area contributed by atoms with Gasteiger partial charge in [0.1, 0.15) is 18.5 Å². The highest BCUT2D eigenvalue weighted by molar-refractivity contribution is 6.31. The summed E-state index contributed by atoms with van der Waals surface area (Å²) >= 11 is 6.22. The molecule has 0 radical (unpaired) electrons. The SMILES string of the molecule is COC(C)C.O=CN1CCCc2c([nH]c3ccc(Cl)cc23)C1c1ccc(OCC(O)CO)cc1. The molecule has 3 aromatic rings. The van der Waals surface area contributed by atoms with Gasteiger partial charge in [0.25, 0.3) is 0 Å². The van der Waals surface area contributed by atoms with Crippen molar-refractivity contribution in [1.82, 2.24) is 9.88 Å². The van der Waals surface area contributed by atoms with Crippen molar-refractivity contribution in [2.24, 2.45) is 0 Å². The predicted octanol–water partition coefficient (Wildman–Crippen LogP) is 4.09. The molecule has 4 rings (SSSR count). The Balaban J connectivity index is 0.000000588. The van der Waals surface area contributed by atoms with E-state index in [-0.39, 0.29) is 19.3 Å². The molecule has 184 valence electrons. The number of amides is 1. The molecule has 2 heterocycles. The van der Waals surface area contributed by atoms with Crippen LogP contribution in [0.5, 0.6) is 5.75 Å². The zero-order valence-corrected chi connectivity index (χ0v) is 20.6. The molecular weight excluding hydrogens is 456 g/mol. The number of rotatable bonds is 7. The number of nitrogens with one attached hydrogen (secondary N) is 1. The second-order valence-electron chi connectivity index (χ2n) is 8.56. The van der Waals surface area contributed by atoms with Crippen LogP contribution in [0.2, 0.25) is 5.02 Å². The highest BCUT2D eigenvalue weighted by Gasteiger charge is 2.29. The van der Waals surface area contributed by atoms with E-state index in [1.807, 2.05) is 61.2 Å². The van der Waals surface area contributed by atoms with Crippen LogP contribution < -0.4 is 4.74 Å². The predicted molar refractivity (Wildman–Crippen MR) is 133 cm³/mol. The van der Waals surface area contributed by atoms with Crippen molar-refractivity contribution in [2.75, 3.05) is 26.9 Å². The third kappa shape index (κ3) is 6.30. The minimum Gasteiger partial charge on any atom is -0.491 e. The van der Waals surface area contributed by atoms with Crippen LogP contribution in [0.1, 0.15) is 43.1 Å². The molecule has 0 spiro atoms. The van der Waals surface area contributed by atoms with Crippen LogP contribution in [0, 0.1) is 0 Å². The Morgan fingerprint density at radius 2 is 1.94 bits per heavy atom. The number of nitrogens with zero attached hydrogens (tertiary/aromatic N) is 1. The minimum absolute atomic E-state index is 0.0205. The summed E-state index contributed by atoms with van der Waals surface area (Å²) in [5, 5.41) is 20.1. The molecule has 2 atom stereocenters. The zero-order valence-electron chi connectivity index (χ0n) is 19.8. The molecular formula is C26H33ClN2O5. The lowest BCUT2D eigenvalue weighted by Gasteiger charge is -2.27. The molecule has 0 aliphatic carbocycles. The first kappa shape index (κ1) is 26.0. The number of hydrogen-bond acceptors (Lipinski definition) is 5. The number of carbonyl (C=O) groups is 1. The second kappa shape index (κ2) is 12.2. The van der Waals surface area contributed by atoms with Gasteiger partial charge in [-0.2, -0.15) is 0 Å². The number of methoxy groups -OCH3 is 1. The van der Waals surface area contributed by atoms with Gasteiger partial charge in [0.15, 0.2) is 0 Å². The number of carbonyl (C=O) groups excluding carboxylic acids is 1. The van der Waals surface area contributed by atoms with E-state index in [2.05, 4.69) is 4.98 Å². The monoisotopic (exact) mass is 488 g/mol. The Labute approximate surface area is 205 Å². The van der Waals surface area contributed by atoms with Crippen LogP contribution >= 0.6 is 11.6 Å². The number of halogens is 1. The number of aromatic nitrogens is 1. The molecule has 2 aromatic carbocycles. The maximum Gasteiger partial charge on any atom is 0.210 e. The summed E-state index contributed by atoms with van der Waals surface area (Å²) in [7, 11) is 1.70. The van der Waals surface area contributed by atoms with Crippen LogP contribution in [0.15, 0.2) is 42.5 Å². The number of aliphatic hydroxyl groups is 2. The number of aromatic amines is 1. The Kier molecular flexibility index (Phi) is 9.36. The van der Waals surface area contributed by atoms with Crippen molar-refractivity contribution in [1.29, 1.82) is 0 Å². The summed E-state index contributed by atoms with van der Waals surface area (Å²) in [6.07, 6.45) is 2.12. The number of H-pyrrole nitrogens is 1. The average molecular weight is 489 g/mol. The van der Waals surface area contributed by atoms with Crippen molar-refractivity contribution in [3.8, 4) is 5.75 Å². The molecule has 1 amide bonds. The van der Waals surface area contributed by atoms with E-state index in [9.17, 15) is 9.90 Å². The van der Waals surface area contributed by atoms with Gasteiger partial charge in [0.2, 0.25) is 6.41 Å². The summed E-state index contributed by atoms with van der Waals surface area (Å²) < 4.78 is 10.2. The summed E-state index contributed by atoms with van der Waals surface area (Å²) in [5.74, 6) is 0.594. The molecule has 2 unspecified atom stereocenters. The van der Waals surface area contributed by atoms with Crippen molar-refractivity contribution in [2.45, 2.75) is 44.9 Å². The van der Waals surface area contributed by atoms with Gasteiger partial charge in [0, 0.05) is 35.3 Å². The van der Waals surface area contributed by atoms with Gasteiger partial charge in [-0.1, -0.05) is 23.7 Å². The van der Waals surface area contributed by atoms with E-state index in [0.29, 0.717) is 23.4 Å². The lowest BCUT2D eigenvalue weighted by molar-refractivity contribution is -0.119. The molecule has 1 aromatic heterocycles. The molecule has 8 heteroatoms. The van der Waals surface area contributed by atoms with E-state index in [4.69, 9.17) is 26.2 Å². The topological polar surface area (TPSA) is 95.0 Å². The zero-order chi connectivity index (χ0) is 24.7. The summed E-state index contributed by atoms with van der Waals surface area (Å²) in [5.41, 5.74) is 4.18. The molecule has 3 N–H and O–H groups in total. The molecule has 1 aliphatic heterocycles. The Hall–Kier alpha value is -2.58. The standard InChI is InChI=1S/C22H23ClN2O4.C4H10O/c23-15-5-8-20-19(10-15)18-2-1-9-25(13-27)22(21(18)24-20)14-3-6-17(7-4-14)29-12-16(28)11-26;1-4(2)5-3/h3-8,10,13,16,22,24,26,28H,1-2,9,11-12H2;4H,1-3H3. The molecule has 0 fully saturated rings. The van der Waals surface area contributed by atoms with Crippen LogP contribution in [-0.2, 0) is 16.0 Å². The van der Waals surface area contributed by atoms with E-state index in [0.717, 1.165) is 41.4 Å². The van der Waals surface area contributed by atoms with E-state index >= 15 is 0 Å². The maximum atomic E-state index is 11.9. The number of ether oxygens (including phenoxy) is 2. The van der Waals surface area contributed by atoms with Gasteiger partial charge in [-0.25, -0.2) is 0 Å². The molecule has 34 heavy (non-hydrogen) atoms. The lowest BCUT2D eigenvalue weighted by atomic mass is 9.98. The average Bonchev–Trinajstić information content (AvgIpc) is 3.08. The first-order valence-electron chi connectivity index (χ1n) is 11.4. The fraction of sp³-hybridized carbons (Fsp3) is 0.423. The van der Waals surface area contributed by atoms with Crippen LogP contribution in [0.25, 0.3) is 10.9 Å². The largest absolute Gasteiger partial charge is 0.491 e. The fourth-order valence-electron chi connectivity index (χ4n) is 3.94. The number of benzene rings is 2. The summed E-state index contributed by atoms with van der Waals surface area (Å²) in [6.45, 7) is 4.34. The smallest absolute Gasteiger partial charge is 0.210 e. The molecule has 0 saturated carbocycles.